The zero-order valence-electron chi connectivity index (χ0n) is 29.0. The lowest BCUT2D eigenvalue weighted by Gasteiger charge is -2.70. The topological polar surface area (TPSA) is 123 Å². The van der Waals surface area contributed by atoms with Gasteiger partial charge in [0.25, 0.3) is 0 Å². The van der Waals surface area contributed by atoms with Gasteiger partial charge >= 0.3 is 5.97 Å². The van der Waals surface area contributed by atoms with Crippen molar-refractivity contribution < 1.29 is 39.1 Å². The molecule has 0 aromatic carbocycles. The number of aliphatic hydroxyl groups excluding tert-OH is 3. The molecule has 5 aliphatic carbocycles. The predicted octanol–water partition coefficient (Wildman–Crippen LogP) is 5.35. The molecule has 1 aliphatic heterocycles. The smallest absolute Gasteiger partial charge is 0.311 e. The Morgan fingerprint density at radius 1 is 0.889 bits per heavy atom. The Bertz CT molecular complexity index is 1260. The minimum atomic E-state index is -1.34. The molecule has 0 radical (unpaired) electrons. The van der Waals surface area contributed by atoms with Gasteiger partial charge < -0.3 is 29.5 Å². The molecule has 0 unspecified atom stereocenters. The highest BCUT2D eigenvalue weighted by Gasteiger charge is 2.70. The van der Waals surface area contributed by atoms with E-state index < -0.39 is 36.1 Å². The fourth-order valence-corrected chi connectivity index (χ4v) is 12.1. The summed E-state index contributed by atoms with van der Waals surface area (Å²) in [5, 5.41) is 31.3. The van der Waals surface area contributed by atoms with Gasteiger partial charge in [-0.1, -0.05) is 47.1 Å². The normalized spacial score (nSPS) is 54.1. The highest BCUT2D eigenvalue weighted by molar-refractivity contribution is 5.95. The maximum absolute atomic E-state index is 14.7. The first-order chi connectivity index (χ1) is 20.8. The summed E-state index contributed by atoms with van der Waals surface area (Å²) in [5.41, 5.74) is -0.0675. The molecule has 0 spiro atoms. The van der Waals surface area contributed by atoms with E-state index in [4.69, 9.17) is 14.2 Å². The number of rotatable bonds is 3. The number of ketones is 1. The van der Waals surface area contributed by atoms with Crippen LogP contribution in [0.2, 0.25) is 0 Å². The maximum atomic E-state index is 14.7. The van der Waals surface area contributed by atoms with Crippen LogP contribution in [0.15, 0.2) is 11.6 Å². The molecule has 0 aromatic rings. The molecule has 254 valence electrons. The molecule has 0 bridgehead atoms. The predicted molar refractivity (Wildman–Crippen MR) is 169 cm³/mol. The van der Waals surface area contributed by atoms with Crippen molar-refractivity contribution in [2.45, 2.75) is 150 Å². The van der Waals surface area contributed by atoms with E-state index in [2.05, 4.69) is 48.5 Å². The largest absolute Gasteiger partial charge is 0.469 e. The Kier molecular flexibility index (Phi) is 7.90. The first kappa shape index (κ1) is 33.6. The number of methoxy groups -OCH3 is 1. The third-order valence-corrected chi connectivity index (χ3v) is 15.3. The lowest BCUT2D eigenvalue weighted by Crippen LogP contribution is -2.67. The fraction of sp³-hybridized carbons (Fsp3) is 0.892. The first-order valence-electron chi connectivity index (χ1n) is 17.5. The van der Waals surface area contributed by atoms with E-state index in [1.54, 1.807) is 6.92 Å². The zero-order chi connectivity index (χ0) is 33.1. The number of carbonyl (C=O) groups excluding carboxylic acids is 2. The van der Waals surface area contributed by atoms with Crippen LogP contribution in [0.3, 0.4) is 0 Å². The summed E-state index contributed by atoms with van der Waals surface area (Å²) in [6.45, 7) is 17.7. The molecule has 45 heavy (non-hydrogen) atoms. The van der Waals surface area contributed by atoms with Crippen LogP contribution in [0.4, 0.5) is 0 Å². The number of carbonyl (C=O) groups is 2. The average Bonchev–Trinajstić information content (AvgIpc) is 2.97. The van der Waals surface area contributed by atoms with E-state index in [-0.39, 0.29) is 62.7 Å². The Morgan fingerprint density at radius 3 is 2.22 bits per heavy atom. The van der Waals surface area contributed by atoms with Crippen LogP contribution in [-0.4, -0.2) is 71.0 Å². The summed E-state index contributed by atoms with van der Waals surface area (Å²) >= 11 is 0. The molecule has 8 heteroatoms. The molecule has 5 fully saturated rings. The van der Waals surface area contributed by atoms with Gasteiger partial charge in [0.15, 0.2) is 12.1 Å². The molecule has 4 saturated carbocycles. The molecule has 6 aliphatic rings. The van der Waals surface area contributed by atoms with Crippen molar-refractivity contribution in [1.82, 2.24) is 0 Å². The number of allylic oxidation sites excluding steroid dienone is 2. The summed E-state index contributed by atoms with van der Waals surface area (Å²) < 4.78 is 17.6. The van der Waals surface area contributed by atoms with Crippen LogP contribution in [0.5, 0.6) is 0 Å². The van der Waals surface area contributed by atoms with Crippen molar-refractivity contribution in [3.8, 4) is 0 Å². The Morgan fingerprint density at radius 2 is 1.56 bits per heavy atom. The van der Waals surface area contributed by atoms with Crippen LogP contribution in [-0.2, 0) is 23.8 Å². The summed E-state index contributed by atoms with van der Waals surface area (Å²) in [5.74, 6) is 0.388. The van der Waals surface area contributed by atoms with Crippen LogP contribution in [0.25, 0.3) is 0 Å². The van der Waals surface area contributed by atoms with Crippen LogP contribution in [0.1, 0.15) is 113 Å². The van der Waals surface area contributed by atoms with Crippen LogP contribution >= 0.6 is 0 Å². The minimum absolute atomic E-state index is 0.0771. The highest BCUT2D eigenvalue weighted by atomic mass is 16.7. The lowest BCUT2D eigenvalue weighted by atomic mass is 9.33. The standard InChI is InChI=1S/C37H58O8/c1-20-26(39)27(40)28(41)30(44-20)45-25-11-12-35(6)24(32(25,2)3)10-13-37(8)29(35)23(38)18-21-22-19-34(5,31(42)43-9)15-14-33(22,4)16-17-36(21,37)7/h18,20,22,24-30,39-41H,10-17,19H2,1-9H3/t20-,22-,24-,25-,26-,27+,28+,29+,30-,33+,34-,35-,36+,37+/m0/s1. The fourth-order valence-electron chi connectivity index (χ4n) is 12.1. The van der Waals surface area contributed by atoms with E-state index in [1.165, 1.54) is 12.7 Å². The second-order valence-corrected chi connectivity index (χ2v) is 17.9. The molecule has 14 atom stereocenters. The minimum Gasteiger partial charge on any atom is -0.469 e. The summed E-state index contributed by atoms with van der Waals surface area (Å²) in [4.78, 5) is 27.6. The van der Waals surface area contributed by atoms with Crippen molar-refractivity contribution >= 4 is 11.8 Å². The van der Waals surface area contributed by atoms with Crippen molar-refractivity contribution in [3.05, 3.63) is 11.6 Å². The van der Waals surface area contributed by atoms with E-state index in [0.29, 0.717) is 6.42 Å². The van der Waals surface area contributed by atoms with Gasteiger partial charge in [-0.2, -0.15) is 0 Å². The third-order valence-electron chi connectivity index (χ3n) is 15.3. The van der Waals surface area contributed by atoms with Crippen molar-refractivity contribution in [2.24, 2.45) is 50.2 Å². The molecule has 8 nitrogen and oxygen atoms in total. The van der Waals surface area contributed by atoms with Gasteiger partial charge in [0.1, 0.15) is 18.3 Å². The van der Waals surface area contributed by atoms with Crippen molar-refractivity contribution in [2.75, 3.05) is 7.11 Å². The highest BCUT2D eigenvalue weighted by Crippen LogP contribution is 2.75. The first-order valence-corrected chi connectivity index (χ1v) is 17.5. The Hall–Kier alpha value is -1.32. The van der Waals surface area contributed by atoms with Gasteiger partial charge in [-0.05, 0) is 117 Å². The average molecular weight is 631 g/mol. The van der Waals surface area contributed by atoms with E-state index in [1.807, 2.05) is 6.08 Å². The number of fused-ring (bicyclic) bond motifs is 7. The molecule has 1 saturated heterocycles. The molecule has 1 heterocycles. The van der Waals surface area contributed by atoms with E-state index in [0.717, 1.165) is 51.4 Å². The maximum Gasteiger partial charge on any atom is 0.311 e. The van der Waals surface area contributed by atoms with Gasteiger partial charge in [-0.15, -0.1) is 0 Å². The monoisotopic (exact) mass is 630 g/mol. The van der Waals surface area contributed by atoms with Crippen molar-refractivity contribution in [3.63, 3.8) is 0 Å². The zero-order valence-corrected chi connectivity index (χ0v) is 29.0. The molecule has 0 aromatic heterocycles. The van der Waals surface area contributed by atoms with E-state index in [9.17, 15) is 24.9 Å². The molecule has 0 amide bonds. The SMILES string of the molecule is COC(=O)[C@@]1(C)CC[C@]2(C)CC[C@]3(C)C(=CC(=O)[C@@H]4[C@@]5(C)CC[C@H](O[C@@H]6O[C@@H](C)[C@H](O)[C@@H](O)[C@H]6O)C(C)(C)[C@@H]5CC[C@]43C)[C@@H]2C1. The van der Waals surface area contributed by atoms with Gasteiger partial charge in [-0.3, -0.25) is 9.59 Å². The van der Waals surface area contributed by atoms with Gasteiger partial charge in [0, 0.05) is 5.92 Å². The van der Waals surface area contributed by atoms with E-state index >= 15 is 0 Å². The third kappa shape index (κ3) is 4.54. The van der Waals surface area contributed by atoms with Crippen molar-refractivity contribution in [1.29, 1.82) is 0 Å². The molecular weight excluding hydrogens is 572 g/mol. The number of aliphatic hydroxyl groups is 3. The number of esters is 1. The lowest BCUT2D eigenvalue weighted by molar-refractivity contribution is -0.323. The molecule has 3 N–H and O–H groups in total. The second kappa shape index (κ2) is 10.6. The summed E-state index contributed by atoms with van der Waals surface area (Å²) in [7, 11) is 1.49. The molecule has 6 rings (SSSR count). The molecular formula is C37H58O8. The summed E-state index contributed by atoms with van der Waals surface area (Å²) in [6.07, 6.45) is 4.41. The summed E-state index contributed by atoms with van der Waals surface area (Å²) in [6, 6.07) is 0. The number of ether oxygens (including phenoxy) is 3. The number of hydrogen-bond donors (Lipinski definition) is 3. The second-order valence-electron chi connectivity index (χ2n) is 17.9. The Labute approximate surface area is 269 Å². The van der Waals surface area contributed by atoms with Gasteiger partial charge in [-0.25, -0.2) is 0 Å². The quantitative estimate of drug-likeness (QED) is 0.282. The van der Waals surface area contributed by atoms with Gasteiger partial charge in [0.2, 0.25) is 0 Å². The number of hydrogen-bond acceptors (Lipinski definition) is 8. The Balaban J connectivity index is 1.32. The van der Waals surface area contributed by atoms with Gasteiger partial charge in [0.05, 0.1) is 24.7 Å². The van der Waals surface area contributed by atoms with Crippen LogP contribution in [0, 0.1) is 50.2 Å². The van der Waals surface area contributed by atoms with Crippen LogP contribution < -0.4 is 0 Å².